The number of hydrogen-bond acceptors (Lipinski definition) is 2. The van der Waals surface area contributed by atoms with Gasteiger partial charge in [-0.3, -0.25) is 9.89 Å². The molecule has 148 valence electrons. The lowest BCUT2D eigenvalue weighted by Crippen LogP contribution is -2.40. The van der Waals surface area contributed by atoms with Gasteiger partial charge in [-0.25, -0.2) is 0 Å². The van der Waals surface area contributed by atoms with Crippen molar-refractivity contribution in [3.63, 3.8) is 0 Å². The minimum atomic E-state index is -4.09. The lowest BCUT2D eigenvalue weighted by atomic mass is 9.93. The Morgan fingerprint density at radius 2 is 1.84 bits per heavy atom. The number of halogens is 3. The number of nitrogens with one attached hydrogen (secondary N) is 1. The summed E-state index contributed by atoms with van der Waals surface area (Å²) in [6, 6.07) is 0.313. The van der Waals surface area contributed by atoms with Crippen LogP contribution in [-0.4, -0.2) is 49.3 Å². The summed E-state index contributed by atoms with van der Waals surface area (Å²) in [6.07, 6.45) is 1.89. The Kier molecular flexibility index (Phi) is 9.61. The molecule has 1 saturated heterocycles. The maximum Gasteiger partial charge on any atom is 0.401 e. The van der Waals surface area contributed by atoms with Crippen LogP contribution in [0.4, 0.5) is 13.2 Å². The van der Waals surface area contributed by atoms with Crippen LogP contribution < -0.4 is 11.1 Å². The standard InChI is InChI=1S/C18H35F3N4/c1-14(2)5-4-6-15(3)24-17(22)23-10-7-16-8-11-25(12-9-16)13-18(19,20)21/h14-16H,4-13H2,1-3H3,(H3,22,23,24). The van der Waals surface area contributed by atoms with Gasteiger partial charge in [0.2, 0.25) is 0 Å². The highest BCUT2D eigenvalue weighted by atomic mass is 19.4. The number of piperidine rings is 1. The number of nitrogens with zero attached hydrogens (tertiary/aromatic N) is 2. The Morgan fingerprint density at radius 3 is 2.40 bits per heavy atom. The fourth-order valence-corrected chi connectivity index (χ4v) is 3.26. The van der Waals surface area contributed by atoms with Crippen LogP contribution in [0.25, 0.3) is 0 Å². The SMILES string of the molecule is CC(C)CCCC(C)NC(N)=NCCC1CCN(CC(F)(F)F)CC1. The predicted octanol–water partition coefficient (Wildman–Crippen LogP) is 3.77. The Labute approximate surface area is 150 Å². The highest BCUT2D eigenvalue weighted by Gasteiger charge is 2.32. The van der Waals surface area contributed by atoms with Crippen LogP contribution in [0.2, 0.25) is 0 Å². The second-order valence-corrected chi connectivity index (χ2v) is 7.76. The molecule has 0 aromatic rings. The molecule has 0 saturated carbocycles. The van der Waals surface area contributed by atoms with Crippen molar-refractivity contribution >= 4 is 5.96 Å². The zero-order valence-corrected chi connectivity index (χ0v) is 15.9. The van der Waals surface area contributed by atoms with E-state index in [0.717, 1.165) is 31.6 Å². The fourth-order valence-electron chi connectivity index (χ4n) is 3.26. The molecule has 25 heavy (non-hydrogen) atoms. The molecule has 1 heterocycles. The lowest BCUT2D eigenvalue weighted by Gasteiger charge is -2.32. The second-order valence-electron chi connectivity index (χ2n) is 7.76. The van der Waals surface area contributed by atoms with Crippen LogP contribution >= 0.6 is 0 Å². The van der Waals surface area contributed by atoms with E-state index in [2.05, 4.69) is 31.1 Å². The van der Waals surface area contributed by atoms with Crippen molar-refractivity contribution in [3.05, 3.63) is 0 Å². The van der Waals surface area contributed by atoms with Gasteiger partial charge in [0.1, 0.15) is 0 Å². The van der Waals surface area contributed by atoms with Crippen molar-refractivity contribution in [1.82, 2.24) is 10.2 Å². The largest absolute Gasteiger partial charge is 0.401 e. The minimum absolute atomic E-state index is 0.313. The third-order valence-electron chi connectivity index (χ3n) is 4.74. The molecular formula is C18H35F3N4. The molecule has 0 aromatic carbocycles. The van der Waals surface area contributed by atoms with Crippen LogP contribution in [0, 0.1) is 11.8 Å². The number of rotatable bonds is 9. The molecule has 0 aliphatic carbocycles. The van der Waals surface area contributed by atoms with Crippen molar-refractivity contribution in [2.24, 2.45) is 22.6 Å². The third kappa shape index (κ3) is 11.3. The van der Waals surface area contributed by atoms with Crippen LogP contribution in [0.3, 0.4) is 0 Å². The first kappa shape index (κ1) is 22.1. The summed E-state index contributed by atoms with van der Waals surface area (Å²) in [4.78, 5) is 5.86. The van der Waals surface area contributed by atoms with Crippen LogP contribution in [0.1, 0.15) is 59.3 Å². The fraction of sp³-hybridized carbons (Fsp3) is 0.944. The van der Waals surface area contributed by atoms with Gasteiger partial charge in [-0.2, -0.15) is 13.2 Å². The average molecular weight is 365 g/mol. The quantitative estimate of drug-likeness (QED) is 0.484. The summed E-state index contributed by atoms with van der Waals surface area (Å²) in [5, 5.41) is 3.22. The van der Waals surface area contributed by atoms with Crippen molar-refractivity contribution in [2.75, 3.05) is 26.2 Å². The third-order valence-corrected chi connectivity index (χ3v) is 4.74. The van der Waals surface area contributed by atoms with Crippen molar-refractivity contribution in [2.45, 2.75) is 71.5 Å². The zero-order valence-electron chi connectivity index (χ0n) is 15.9. The maximum absolute atomic E-state index is 12.4. The molecule has 1 unspecified atom stereocenters. The molecule has 4 nitrogen and oxygen atoms in total. The van der Waals surface area contributed by atoms with Gasteiger partial charge >= 0.3 is 6.18 Å². The number of aliphatic imine (C=N–C) groups is 1. The molecule has 0 amide bonds. The maximum atomic E-state index is 12.4. The Balaban J connectivity index is 2.16. The van der Waals surface area contributed by atoms with E-state index in [1.165, 1.54) is 17.7 Å². The monoisotopic (exact) mass is 364 g/mol. The summed E-state index contributed by atoms with van der Waals surface area (Å²) in [6.45, 7) is 7.45. The Hall–Kier alpha value is -0.980. The first-order valence-electron chi connectivity index (χ1n) is 9.51. The number of likely N-dealkylation sites (tertiary alicyclic amines) is 1. The smallest absolute Gasteiger partial charge is 0.370 e. The number of hydrogen-bond donors (Lipinski definition) is 2. The predicted molar refractivity (Wildman–Crippen MR) is 97.6 cm³/mol. The lowest BCUT2D eigenvalue weighted by molar-refractivity contribution is -0.148. The van der Waals surface area contributed by atoms with Crippen LogP contribution in [-0.2, 0) is 0 Å². The molecule has 1 rings (SSSR count). The van der Waals surface area contributed by atoms with Gasteiger partial charge in [0.05, 0.1) is 6.54 Å². The zero-order chi connectivity index (χ0) is 18.9. The first-order chi connectivity index (χ1) is 11.7. The van der Waals surface area contributed by atoms with Gasteiger partial charge in [0.25, 0.3) is 0 Å². The van der Waals surface area contributed by atoms with Gasteiger partial charge in [-0.05, 0) is 57.5 Å². The second kappa shape index (κ2) is 10.9. The highest BCUT2D eigenvalue weighted by molar-refractivity contribution is 5.78. The van der Waals surface area contributed by atoms with E-state index in [1.807, 2.05) is 0 Å². The summed E-state index contributed by atoms with van der Waals surface area (Å²) >= 11 is 0. The molecule has 0 spiro atoms. The summed E-state index contributed by atoms with van der Waals surface area (Å²) in [5.41, 5.74) is 5.92. The van der Waals surface area contributed by atoms with E-state index in [9.17, 15) is 13.2 Å². The highest BCUT2D eigenvalue weighted by Crippen LogP contribution is 2.24. The topological polar surface area (TPSA) is 53.6 Å². The molecule has 1 aliphatic heterocycles. The molecule has 0 radical (unpaired) electrons. The van der Waals surface area contributed by atoms with Gasteiger partial charge in [0, 0.05) is 12.6 Å². The first-order valence-corrected chi connectivity index (χ1v) is 9.51. The van der Waals surface area contributed by atoms with Gasteiger partial charge < -0.3 is 11.1 Å². The van der Waals surface area contributed by atoms with E-state index in [4.69, 9.17) is 5.73 Å². The molecule has 3 N–H and O–H groups in total. The van der Waals surface area contributed by atoms with E-state index in [1.54, 1.807) is 0 Å². The average Bonchev–Trinajstić information content (AvgIpc) is 2.47. The normalized spacial score (nSPS) is 19.4. The van der Waals surface area contributed by atoms with Gasteiger partial charge in [-0.1, -0.05) is 26.7 Å². The van der Waals surface area contributed by atoms with Gasteiger partial charge in [-0.15, -0.1) is 0 Å². The van der Waals surface area contributed by atoms with E-state index in [0.29, 0.717) is 37.6 Å². The number of guanidine groups is 1. The van der Waals surface area contributed by atoms with E-state index < -0.39 is 12.7 Å². The summed E-state index contributed by atoms with van der Waals surface area (Å²) < 4.78 is 37.1. The Bertz CT molecular complexity index is 388. The van der Waals surface area contributed by atoms with Crippen LogP contribution in [0.15, 0.2) is 4.99 Å². The number of alkyl halides is 3. The van der Waals surface area contributed by atoms with E-state index >= 15 is 0 Å². The van der Waals surface area contributed by atoms with Crippen molar-refractivity contribution < 1.29 is 13.2 Å². The minimum Gasteiger partial charge on any atom is -0.370 e. The Morgan fingerprint density at radius 1 is 1.20 bits per heavy atom. The van der Waals surface area contributed by atoms with Gasteiger partial charge in [0.15, 0.2) is 5.96 Å². The molecule has 0 aromatic heterocycles. The molecule has 7 heteroatoms. The van der Waals surface area contributed by atoms with Crippen molar-refractivity contribution in [1.29, 1.82) is 0 Å². The molecule has 1 aliphatic rings. The van der Waals surface area contributed by atoms with E-state index in [-0.39, 0.29) is 0 Å². The van der Waals surface area contributed by atoms with Crippen LogP contribution in [0.5, 0.6) is 0 Å². The molecule has 0 bridgehead atoms. The summed E-state index contributed by atoms with van der Waals surface area (Å²) in [7, 11) is 0. The number of nitrogens with two attached hydrogens (primary N) is 1. The summed E-state index contributed by atoms with van der Waals surface area (Å²) in [5.74, 6) is 1.65. The molecule has 1 atom stereocenters. The van der Waals surface area contributed by atoms with Crippen molar-refractivity contribution in [3.8, 4) is 0 Å². The molecular weight excluding hydrogens is 329 g/mol. The molecule has 1 fully saturated rings.